The van der Waals surface area contributed by atoms with Crippen molar-refractivity contribution >= 4 is 17.7 Å². The maximum Gasteiger partial charge on any atom is 0.329 e. The fourth-order valence-corrected chi connectivity index (χ4v) is 2.54. The van der Waals surface area contributed by atoms with Gasteiger partial charge in [-0.25, -0.2) is 4.79 Å². The molecule has 116 valence electrons. The number of aryl methyl sites for hydroxylation is 1. The van der Waals surface area contributed by atoms with Crippen LogP contribution < -0.4 is 5.32 Å². The van der Waals surface area contributed by atoms with Gasteiger partial charge in [0.15, 0.2) is 5.78 Å². The molecule has 1 amide bonds. The summed E-state index contributed by atoms with van der Waals surface area (Å²) in [5, 5.41) is 11.8. The second kappa shape index (κ2) is 6.11. The molecule has 1 aromatic heterocycles. The number of carbonyl (C=O) groups excluding carboxylic acids is 2. The van der Waals surface area contributed by atoms with Crippen LogP contribution in [0, 0.1) is 13.8 Å². The van der Waals surface area contributed by atoms with E-state index in [0.717, 1.165) is 0 Å². The summed E-state index contributed by atoms with van der Waals surface area (Å²) >= 11 is 0. The maximum absolute atomic E-state index is 12.3. The predicted molar refractivity (Wildman–Crippen MR) is 78.7 cm³/mol. The molecule has 0 aliphatic heterocycles. The predicted octanol–water partition coefficient (Wildman–Crippen LogP) is 2.21. The molecule has 1 rings (SSSR count). The van der Waals surface area contributed by atoms with Crippen molar-refractivity contribution in [1.29, 1.82) is 0 Å². The number of rotatable bonds is 6. The van der Waals surface area contributed by atoms with Crippen molar-refractivity contribution in [3.05, 3.63) is 22.5 Å². The van der Waals surface area contributed by atoms with E-state index in [1.165, 1.54) is 13.8 Å². The fourth-order valence-electron chi connectivity index (χ4n) is 2.54. The summed E-state index contributed by atoms with van der Waals surface area (Å²) in [5.41, 5.74) is 0.543. The molecule has 0 aliphatic rings. The molecule has 1 aromatic rings. The zero-order valence-electron chi connectivity index (χ0n) is 13.1. The number of H-pyrrole nitrogens is 1. The number of aromatic amines is 1. The normalized spacial score (nSPS) is 13.6. The van der Waals surface area contributed by atoms with Crippen LogP contribution in [0.5, 0.6) is 0 Å². The van der Waals surface area contributed by atoms with E-state index in [1.54, 1.807) is 13.8 Å². The first-order chi connectivity index (χ1) is 9.64. The smallest absolute Gasteiger partial charge is 0.329 e. The summed E-state index contributed by atoms with van der Waals surface area (Å²) in [6.45, 7) is 8.15. The molecule has 3 N–H and O–H groups in total. The van der Waals surface area contributed by atoms with E-state index >= 15 is 0 Å². The van der Waals surface area contributed by atoms with Crippen LogP contribution in [-0.2, 0) is 4.79 Å². The molecule has 1 heterocycles. The maximum atomic E-state index is 12.3. The number of aromatic nitrogens is 1. The Morgan fingerprint density at radius 3 is 2.24 bits per heavy atom. The number of hydrogen-bond acceptors (Lipinski definition) is 3. The third-order valence-corrected chi connectivity index (χ3v) is 3.63. The molecule has 0 bridgehead atoms. The molecule has 1 atom stereocenters. The Kier molecular flexibility index (Phi) is 4.93. The Morgan fingerprint density at radius 2 is 1.86 bits per heavy atom. The highest BCUT2D eigenvalue weighted by molar-refractivity contribution is 6.03. The molecule has 6 nitrogen and oxygen atoms in total. The lowest BCUT2D eigenvalue weighted by Gasteiger charge is -2.25. The van der Waals surface area contributed by atoms with Crippen molar-refractivity contribution in [2.75, 3.05) is 0 Å². The van der Waals surface area contributed by atoms with Crippen LogP contribution in [-0.4, -0.2) is 33.3 Å². The van der Waals surface area contributed by atoms with E-state index in [-0.39, 0.29) is 11.5 Å². The quantitative estimate of drug-likeness (QED) is 0.700. The van der Waals surface area contributed by atoms with E-state index in [4.69, 9.17) is 0 Å². The van der Waals surface area contributed by atoms with Gasteiger partial charge in [0.25, 0.3) is 5.91 Å². The van der Waals surface area contributed by atoms with E-state index in [1.807, 2.05) is 6.92 Å². The number of nitrogens with one attached hydrogen (secondary N) is 2. The lowest BCUT2D eigenvalue weighted by molar-refractivity contribution is -0.144. The monoisotopic (exact) mass is 294 g/mol. The number of carbonyl (C=O) groups is 3. The molecule has 0 fully saturated rings. The van der Waals surface area contributed by atoms with Gasteiger partial charge in [-0.3, -0.25) is 9.59 Å². The molecule has 0 aliphatic carbocycles. The summed E-state index contributed by atoms with van der Waals surface area (Å²) < 4.78 is 0. The fraction of sp³-hybridized carbons (Fsp3) is 0.533. The van der Waals surface area contributed by atoms with Gasteiger partial charge in [0.1, 0.15) is 11.2 Å². The highest BCUT2D eigenvalue weighted by Gasteiger charge is 2.35. The first-order valence-electron chi connectivity index (χ1n) is 6.90. The van der Waals surface area contributed by atoms with Crippen LogP contribution in [0.15, 0.2) is 0 Å². The van der Waals surface area contributed by atoms with Crippen molar-refractivity contribution in [2.24, 2.45) is 0 Å². The average Bonchev–Trinajstić information content (AvgIpc) is 2.64. The number of ketones is 1. The Morgan fingerprint density at radius 1 is 1.29 bits per heavy atom. The van der Waals surface area contributed by atoms with Crippen molar-refractivity contribution in [2.45, 2.75) is 53.0 Å². The van der Waals surface area contributed by atoms with Gasteiger partial charge in [-0.05, 0) is 39.7 Å². The van der Waals surface area contributed by atoms with Crippen LogP contribution in [0.2, 0.25) is 0 Å². The Hall–Kier alpha value is -2.11. The highest BCUT2D eigenvalue weighted by Crippen LogP contribution is 2.20. The van der Waals surface area contributed by atoms with Crippen LogP contribution >= 0.6 is 0 Å². The Balaban J connectivity index is 3.13. The summed E-state index contributed by atoms with van der Waals surface area (Å²) in [7, 11) is 0. The van der Waals surface area contributed by atoms with Gasteiger partial charge in [0, 0.05) is 11.3 Å². The standard InChI is InChI=1S/C15H22N2O4/c1-6-7-15(5,14(20)21)17-13(19)12-8(2)11(10(4)18)9(3)16-12/h16H,6-7H2,1-5H3,(H,17,19)(H,20,21). The lowest BCUT2D eigenvalue weighted by Crippen LogP contribution is -2.52. The van der Waals surface area contributed by atoms with Gasteiger partial charge in [0.2, 0.25) is 0 Å². The zero-order valence-corrected chi connectivity index (χ0v) is 13.1. The van der Waals surface area contributed by atoms with Crippen LogP contribution in [0.1, 0.15) is 65.7 Å². The molecular formula is C15H22N2O4. The number of aliphatic carboxylic acids is 1. The van der Waals surface area contributed by atoms with Gasteiger partial charge in [0.05, 0.1) is 0 Å². The van der Waals surface area contributed by atoms with Gasteiger partial charge in [-0.1, -0.05) is 13.3 Å². The summed E-state index contributed by atoms with van der Waals surface area (Å²) in [5.74, 6) is -1.72. The van der Waals surface area contributed by atoms with E-state index in [2.05, 4.69) is 10.3 Å². The third kappa shape index (κ3) is 3.32. The number of Topliss-reactive ketones (excluding diaryl/α,β-unsaturated/α-hetero) is 1. The minimum absolute atomic E-state index is 0.130. The van der Waals surface area contributed by atoms with E-state index < -0.39 is 17.4 Å². The number of amides is 1. The van der Waals surface area contributed by atoms with Crippen LogP contribution in [0.25, 0.3) is 0 Å². The van der Waals surface area contributed by atoms with Gasteiger partial charge >= 0.3 is 5.97 Å². The number of carboxylic acid groups (broad SMARTS) is 1. The molecular weight excluding hydrogens is 272 g/mol. The summed E-state index contributed by atoms with van der Waals surface area (Å²) in [6.07, 6.45) is 0.955. The largest absolute Gasteiger partial charge is 0.480 e. The second-order valence-electron chi connectivity index (χ2n) is 5.52. The third-order valence-electron chi connectivity index (χ3n) is 3.63. The Bertz CT molecular complexity index is 589. The molecule has 0 radical (unpaired) electrons. The zero-order chi connectivity index (χ0) is 16.4. The molecule has 0 saturated carbocycles. The molecule has 0 saturated heterocycles. The van der Waals surface area contributed by atoms with Crippen molar-refractivity contribution in [3.63, 3.8) is 0 Å². The Labute approximate surface area is 123 Å². The van der Waals surface area contributed by atoms with Crippen molar-refractivity contribution in [1.82, 2.24) is 10.3 Å². The second-order valence-corrected chi connectivity index (χ2v) is 5.52. The SMILES string of the molecule is CCCC(C)(NC(=O)c1[nH]c(C)c(C(C)=O)c1C)C(=O)O. The highest BCUT2D eigenvalue weighted by atomic mass is 16.4. The molecule has 21 heavy (non-hydrogen) atoms. The van der Waals surface area contributed by atoms with E-state index in [9.17, 15) is 19.5 Å². The van der Waals surface area contributed by atoms with Gasteiger partial charge < -0.3 is 15.4 Å². The van der Waals surface area contributed by atoms with E-state index in [0.29, 0.717) is 29.7 Å². The molecule has 6 heteroatoms. The lowest BCUT2D eigenvalue weighted by atomic mass is 9.96. The molecule has 0 spiro atoms. The number of hydrogen-bond donors (Lipinski definition) is 3. The average molecular weight is 294 g/mol. The first kappa shape index (κ1) is 16.9. The van der Waals surface area contributed by atoms with Gasteiger partial charge in [-0.2, -0.15) is 0 Å². The van der Waals surface area contributed by atoms with Crippen LogP contribution in [0.3, 0.4) is 0 Å². The topological polar surface area (TPSA) is 99.3 Å². The minimum Gasteiger partial charge on any atom is -0.480 e. The minimum atomic E-state index is -1.33. The van der Waals surface area contributed by atoms with Gasteiger partial charge in [-0.15, -0.1) is 0 Å². The van der Waals surface area contributed by atoms with Crippen LogP contribution in [0.4, 0.5) is 0 Å². The van der Waals surface area contributed by atoms with Crippen molar-refractivity contribution < 1.29 is 19.5 Å². The molecule has 1 unspecified atom stereocenters. The molecule has 0 aromatic carbocycles. The first-order valence-corrected chi connectivity index (χ1v) is 6.90. The summed E-state index contributed by atoms with van der Waals surface area (Å²) in [6, 6.07) is 0. The number of carboxylic acids is 1. The summed E-state index contributed by atoms with van der Waals surface area (Å²) in [4.78, 5) is 38.1. The van der Waals surface area contributed by atoms with Crippen molar-refractivity contribution in [3.8, 4) is 0 Å².